The highest BCUT2D eigenvalue weighted by Gasteiger charge is 2.38. The Morgan fingerprint density at radius 1 is 1.04 bits per heavy atom. The van der Waals surface area contributed by atoms with Crippen molar-refractivity contribution in [2.75, 3.05) is 19.8 Å². The molecule has 2 aromatic rings. The minimum Gasteiger partial charge on any atom is -0.447 e. The van der Waals surface area contributed by atoms with Crippen molar-refractivity contribution in [2.45, 2.75) is 57.8 Å². The van der Waals surface area contributed by atoms with Crippen LogP contribution in [0.2, 0.25) is 0 Å². The highest BCUT2D eigenvalue weighted by molar-refractivity contribution is 7.46. The lowest BCUT2D eigenvalue weighted by Gasteiger charge is -2.30. The zero-order valence-electron chi connectivity index (χ0n) is 25.7. The number of likely N-dealkylation sites (tertiary alicyclic amines) is 1. The first-order valence-electron chi connectivity index (χ1n) is 14.8. The lowest BCUT2D eigenvalue weighted by Crippen LogP contribution is -2.55. The van der Waals surface area contributed by atoms with Gasteiger partial charge < -0.3 is 35.3 Å². The molecule has 250 valence electrons. The summed E-state index contributed by atoms with van der Waals surface area (Å²) in [5.41, 5.74) is 6.61. The topological polar surface area (TPSA) is 207 Å². The number of phosphoric ester groups is 1. The predicted molar refractivity (Wildman–Crippen MR) is 168 cm³/mol. The number of carbonyl (C=O) groups excluding carboxylic acids is 4. The molecule has 1 aliphatic heterocycles. The second kappa shape index (κ2) is 17.5. The molecule has 3 rings (SSSR count). The molecule has 0 radical (unpaired) electrons. The number of nitrogens with two attached hydrogens (primary N) is 1. The SMILES string of the molecule is CC(C)C[C@H](NC(=O)/C=C/c1ccc(OP(=O)(O)O)cc1)C(=O)N1CCC[C@H]1C(=O)N[C@H](COCc1ccccc1)COC(N)=O. The number of rotatable bonds is 16. The fourth-order valence-corrected chi connectivity index (χ4v) is 5.27. The normalized spacial score (nSPS) is 16.2. The van der Waals surface area contributed by atoms with Gasteiger partial charge in [0.25, 0.3) is 0 Å². The Bertz CT molecular complexity index is 1400. The summed E-state index contributed by atoms with van der Waals surface area (Å²) in [6.45, 7) is 4.25. The van der Waals surface area contributed by atoms with Gasteiger partial charge in [-0.1, -0.05) is 56.3 Å². The van der Waals surface area contributed by atoms with Crippen molar-refractivity contribution >= 4 is 37.7 Å². The first-order valence-corrected chi connectivity index (χ1v) is 16.3. The van der Waals surface area contributed by atoms with E-state index in [9.17, 15) is 23.7 Å². The Balaban J connectivity index is 1.63. The van der Waals surface area contributed by atoms with E-state index in [0.717, 1.165) is 5.56 Å². The van der Waals surface area contributed by atoms with Gasteiger partial charge in [0.2, 0.25) is 17.7 Å². The molecule has 0 aromatic heterocycles. The van der Waals surface area contributed by atoms with E-state index in [1.54, 1.807) is 0 Å². The number of primary amides is 1. The number of carbonyl (C=O) groups is 4. The molecule has 1 fully saturated rings. The number of nitrogens with zero attached hydrogens (tertiary/aromatic N) is 1. The fourth-order valence-electron chi connectivity index (χ4n) is 4.87. The summed E-state index contributed by atoms with van der Waals surface area (Å²) in [7, 11) is -4.69. The molecular formula is C31H41N4O10P. The predicted octanol–water partition coefficient (Wildman–Crippen LogP) is 2.49. The third-order valence-corrected chi connectivity index (χ3v) is 7.34. The zero-order chi connectivity index (χ0) is 33.7. The standard InChI is InChI=1S/C31H41N4O10P/c1-21(2)17-26(34-28(36)15-12-22-10-13-25(14-11-22)45-46(40,41)42)30(38)35-16-6-9-27(35)29(37)33-24(20-44-31(32)39)19-43-18-23-7-4-3-5-8-23/h3-5,7-8,10-15,21,24,26-27H,6,9,16-20H2,1-2H3,(H2,32,39)(H,33,37)(H,34,36)(H2,40,41,42)/b15-12+/t24-,26+,27+/m1/s1. The Morgan fingerprint density at radius 2 is 1.74 bits per heavy atom. The molecule has 0 spiro atoms. The van der Waals surface area contributed by atoms with Gasteiger partial charge in [-0.05, 0) is 54.5 Å². The van der Waals surface area contributed by atoms with Crippen LogP contribution in [0.15, 0.2) is 60.7 Å². The van der Waals surface area contributed by atoms with Gasteiger partial charge in [-0.3, -0.25) is 24.2 Å². The summed E-state index contributed by atoms with van der Waals surface area (Å²) < 4.78 is 26.2. The molecule has 4 amide bonds. The van der Waals surface area contributed by atoms with Crippen LogP contribution in [0.25, 0.3) is 6.08 Å². The van der Waals surface area contributed by atoms with Crippen molar-refractivity contribution in [3.63, 3.8) is 0 Å². The summed E-state index contributed by atoms with van der Waals surface area (Å²) in [5, 5.41) is 5.57. The summed E-state index contributed by atoms with van der Waals surface area (Å²) in [5.74, 6) is -1.35. The van der Waals surface area contributed by atoms with Crippen molar-refractivity contribution in [1.29, 1.82) is 0 Å². The van der Waals surface area contributed by atoms with Crippen molar-refractivity contribution in [3.8, 4) is 5.75 Å². The lowest BCUT2D eigenvalue weighted by atomic mass is 10.0. The number of hydrogen-bond acceptors (Lipinski definition) is 8. The minimum absolute atomic E-state index is 0.0341. The largest absolute Gasteiger partial charge is 0.524 e. The number of ether oxygens (including phenoxy) is 2. The molecule has 14 nitrogen and oxygen atoms in total. The van der Waals surface area contributed by atoms with Gasteiger partial charge in [0.05, 0.1) is 19.3 Å². The molecule has 0 aliphatic carbocycles. The van der Waals surface area contributed by atoms with Crippen LogP contribution in [0.1, 0.15) is 44.2 Å². The van der Waals surface area contributed by atoms with E-state index in [1.807, 2.05) is 44.2 Å². The van der Waals surface area contributed by atoms with Gasteiger partial charge >= 0.3 is 13.9 Å². The van der Waals surface area contributed by atoms with Crippen LogP contribution in [0.4, 0.5) is 4.79 Å². The highest BCUT2D eigenvalue weighted by atomic mass is 31.2. The zero-order valence-corrected chi connectivity index (χ0v) is 26.6. The molecule has 3 atom stereocenters. The van der Waals surface area contributed by atoms with Crippen LogP contribution < -0.4 is 20.9 Å². The third-order valence-electron chi connectivity index (χ3n) is 6.90. The van der Waals surface area contributed by atoms with Crippen LogP contribution >= 0.6 is 7.82 Å². The van der Waals surface area contributed by atoms with E-state index in [1.165, 1.54) is 41.3 Å². The van der Waals surface area contributed by atoms with Crippen LogP contribution in [0.5, 0.6) is 5.75 Å². The Morgan fingerprint density at radius 3 is 2.37 bits per heavy atom. The first-order chi connectivity index (χ1) is 21.8. The summed E-state index contributed by atoms with van der Waals surface area (Å²) in [4.78, 5) is 70.5. The summed E-state index contributed by atoms with van der Waals surface area (Å²) >= 11 is 0. The number of hydrogen-bond donors (Lipinski definition) is 5. The third kappa shape index (κ3) is 12.6. The van der Waals surface area contributed by atoms with Crippen LogP contribution in [0.3, 0.4) is 0 Å². The molecule has 0 bridgehead atoms. The molecule has 0 saturated carbocycles. The van der Waals surface area contributed by atoms with Crippen LogP contribution in [-0.4, -0.2) is 76.4 Å². The van der Waals surface area contributed by atoms with E-state index in [4.69, 9.17) is 25.0 Å². The quantitative estimate of drug-likeness (QED) is 0.131. The average Bonchev–Trinajstić information content (AvgIpc) is 3.48. The smallest absolute Gasteiger partial charge is 0.447 e. The maximum Gasteiger partial charge on any atom is 0.524 e. The van der Waals surface area contributed by atoms with E-state index in [-0.39, 0.29) is 31.5 Å². The summed E-state index contributed by atoms with van der Waals surface area (Å²) in [6, 6.07) is 12.7. The molecule has 2 aromatic carbocycles. The molecule has 6 N–H and O–H groups in total. The number of benzene rings is 2. The van der Waals surface area contributed by atoms with Crippen LogP contribution in [0, 0.1) is 5.92 Å². The molecule has 1 aliphatic rings. The van der Waals surface area contributed by atoms with Crippen LogP contribution in [-0.2, 0) is 35.0 Å². The molecule has 1 saturated heterocycles. The number of nitrogens with one attached hydrogen (secondary N) is 2. The second-order valence-corrected chi connectivity index (χ2v) is 12.4. The van der Waals surface area contributed by atoms with Crippen molar-refractivity contribution < 1.29 is 47.5 Å². The maximum absolute atomic E-state index is 13.7. The van der Waals surface area contributed by atoms with Crippen molar-refractivity contribution in [1.82, 2.24) is 15.5 Å². The number of amides is 4. The van der Waals surface area contributed by atoms with Gasteiger partial charge in [-0.15, -0.1) is 0 Å². The van der Waals surface area contributed by atoms with Crippen molar-refractivity contribution in [2.24, 2.45) is 11.7 Å². The molecule has 46 heavy (non-hydrogen) atoms. The summed E-state index contributed by atoms with van der Waals surface area (Å²) in [6.07, 6.45) is 3.06. The monoisotopic (exact) mass is 660 g/mol. The number of phosphoric acid groups is 1. The van der Waals surface area contributed by atoms with Gasteiger partial charge in [-0.2, -0.15) is 0 Å². The van der Waals surface area contributed by atoms with E-state index < -0.39 is 49.8 Å². The minimum atomic E-state index is -4.69. The Labute approximate surface area is 267 Å². The van der Waals surface area contributed by atoms with Gasteiger partial charge in [0.15, 0.2) is 0 Å². The molecule has 0 unspecified atom stereocenters. The highest BCUT2D eigenvalue weighted by Crippen LogP contribution is 2.37. The molecule has 1 heterocycles. The lowest BCUT2D eigenvalue weighted by molar-refractivity contribution is -0.141. The second-order valence-electron chi connectivity index (χ2n) is 11.2. The first kappa shape index (κ1) is 36.2. The van der Waals surface area contributed by atoms with E-state index >= 15 is 0 Å². The van der Waals surface area contributed by atoms with Gasteiger partial charge in [0.1, 0.15) is 24.4 Å². The molecular weight excluding hydrogens is 619 g/mol. The van der Waals surface area contributed by atoms with Crippen molar-refractivity contribution in [3.05, 3.63) is 71.8 Å². The maximum atomic E-state index is 13.7. The van der Waals surface area contributed by atoms with Gasteiger partial charge in [0, 0.05) is 12.6 Å². The Kier molecular flexibility index (Phi) is 13.8. The molecule has 15 heteroatoms. The Hall–Kier alpha value is -4.23. The van der Waals surface area contributed by atoms with E-state index in [2.05, 4.69) is 15.2 Å². The fraction of sp³-hybridized carbons (Fsp3) is 0.419. The van der Waals surface area contributed by atoms with E-state index in [0.29, 0.717) is 31.4 Å². The van der Waals surface area contributed by atoms with Gasteiger partial charge in [-0.25, -0.2) is 9.36 Å². The average molecular weight is 661 g/mol.